The van der Waals surface area contributed by atoms with Crippen LogP contribution in [0.15, 0.2) is 11.5 Å². The first kappa shape index (κ1) is 17.7. The maximum Gasteiger partial charge on any atom is 0.378 e. The van der Waals surface area contributed by atoms with E-state index in [9.17, 15) is 34.8 Å². The fourth-order valence-electron chi connectivity index (χ4n) is 1.51. The van der Waals surface area contributed by atoms with Crippen LogP contribution >= 0.6 is 0 Å². The van der Waals surface area contributed by atoms with Gasteiger partial charge in [-0.25, -0.2) is 4.79 Å². The van der Waals surface area contributed by atoms with Gasteiger partial charge in [-0.1, -0.05) is 13.8 Å². The molecule has 4 N–H and O–H groups in total. The Morgan fingerprint density at radius 1 is 1.27 bits per heavy atom. The molecular weight excluding hydrogens is 304 g/mol. The van der Waals surface area contributed by atoms with Crippen molar-refractivity contribution in [3.05, 3.63) is 11.5 Å². The van der Waals surface area contributed by atoms with E-state index in [1.807, 2.05) is 0 Å². The number of aliphatic hydroxyl groups is 4. The average molecular weight is 320 g/mol. The van der Waals surface area contributed by atoms with E-state index >= 15 is 0 Å². The lowest BCUT2D eigenvalue weighted by Crippen LogP contribution is -2.57. The Morgan fingerprint density at radius 3 is 2.23 bits per heavy atom. The van der Waals surface area contributed by atoms with Gasteiger partial charge < -0.3 is 34.6 Å². The van der Waals surface area contributed by atoms with Crippen molar-refractivity contribution >= 4 is 17.9 Å². The molecule has 0 radical (unpaired) electrons. The lowest BCUT2D eigenvalue weighted by atomic mass is 10.1. The molecule has 0 aromatic rings. The van der Waals surface area contributed by atoms with Crippen LogP contribution in [0.2, 0.25) is 0 Å². The smallest absolute Gasteiger partial charge is 0.378 e. The highest BCUT2D eigenvalue weighted by Gasteiger charge is 2.58. The van der Waals surface area contributed by atoms with Crippen LogP contribution in [0.1, 0.15) is 26.7 Å². The molecule has 0 aliphatic carbocycles. The van der Waals surface area contributed by atoms with Gasteiger partial charge in [-0.2, -0.15) is 0 Å². The van der Waals surface area contributed by atoms with Gasteiger partial charge in [-0.15, -0.1) is 0 Å². The van der Waals surface area contributed by atoms with Gasteiger partial charge in [0.2, 0.25) is 11.9 Å². The number of hydrogen-bond donors (Lipinski definition) is 4. The summed E-state index contributed by atoms with van der Waals surface area (Å²) in [6, 6.07) is 0. The van der Waals surface area contributed by atoms with Crippen LogP contribution < -0.4 is 0 Å². The molecule has 124 valence electrons. The number of cyclic esters (lactones) is 1. The van der Waals surface area contributed by atoms with E-state index in [0.717, 1.165) is 0 Å². The first-order valence-electron chi connectivity index (χ1n) is 6.32. The maximum atomic E-state index is 11.4. The molecule has 1 aliphatic rings. The summed E-state index contributed by atoms with van der Waals surface area (Å²) in [5.41, 5.74) is 0. The number of carbonyl (C=O) groups excluding carboxylic acids is 3. The Morgan fingerprint density at radius 2 is 1.82 bits per heavy atom. The second-order valence-corrected chi connectivity index (χ2v) is 4.29. The molecule has 22 heavy (non-hydrogen) atoms. The molecule has 0 aromatic heterocycles. The van der Waals surface area contributed by atoms with Gasteiger partial charge in [-0.05, 0) is 0 Å². The molecule has 0 amide bonds. The molecule has 0 aromatic carbocycles. The quantitative estimate of drug-likeness (QED) is 0.276. The normalized spacial score (nSPS) is 21.8. The molecule has 3 atom stereocenters. The van der Waals surface area contributed by atoms with Crippen LogP contribution in [0.5, 0.6) is 0 Å². The van der Waals surface area contributed by atoms with Gasteiger partial charge >= 0.3 is 23.7 Å². The van der Waals surface area contributed by atoms with E-state index in [2.05, 4.69) is 14.2 Å². The summed E-state index contributed by atoms with van der Waals surface area (Å²) in [6.45, 7) is 2.76. The Labute approximate surface area is 124 Å². The minimum atomic E-state index is -3.12. The van der Waals surface area contributed by atoms with E-state index in [1.165, 1.54) is 13.8 Å². The Kier molecular flexibility index (Phi) is 5.33. The highest BCUT2D eigenvalue weighted by Crippen LogP contribution is 2.32. The maximum absolute atomic E-state index is 11.4. The van der Waals surface area contributed by atoms with Crippen molar-refractivity contribution in [3.63, 3.8) is 0 Å². The summed E-state index contributed by atoms with van der Waals surface area (Å²) in [5, 5.41) is 38.9. The van der Waals surface area contributed by atoms with Crippen LogP contribution in [-0.2, 0) is 28.6 Å². The average Bonchev–Trinajstić information content (AvgIpc) is 2.74. The lowest BCUT2D eigenvalue weighted by molar-refractivity contribution is -0.329. The van der Waals surface area contributed by atoms with Crippen LogP contribution in [0.4, 0.5) is 0 Å². The fraction of sp³-hybridized carbons (Fsp3) is 0.583. The van der Waals surface area contributed by atoms with Crippen molar-refractivity contribution < 1.29 is 49.0 Å². The Balaban J connectivity index is 3.15. The first-order chi connectivity index (χ1) is 10.2. The highest BCUT2D eigenvalue weighted by atomic mass is 16.7. The molecule has 1 heterocycles. The van der Waals surface area contributed by atoms with Gasteiger partial charge in [-0.3, -0.25) is 9.59 Å². The highest BCUT2D eigenvalue weighted by molar-refractivity contribution is 5.89. The van der Waals surface area contributed by atoms with E-state index in [1.54, 1.807) is 0 Å². The van der Waals surface area contributed by atoms with Gasteiger partial charge in [0, 0.05) is 12.8 Å². The molecule has 1 unspecified atom stereocenters. The summed E-state index contributed by atoms with van der Waals surface area (Å²) < 4.78 is 13.4. The van der Waals surface area contributed by atoms with E-state index in [4.69, 9.17) is 0 Å². The molecule has 0 saturated carbocycles. The molecule has 0 spiro atoms. The predicted octanol–water partition coefficient (Wildman–Crippen LogP) is -0.847. The summed E-state index contributed by atoms with van der Waals surface area (Å²) >= 11 is 0. The van der Waals surface area contributed by atoms with Crippen molar-refractivity contribution in [1.82, 2.24) is 0 Å². The first-order valence-corrected chi connectivity index (χ1v) is 6.32. The number of esters is 3. The monoisotopic (exact) mass is 320 g/mol. The second kappa shape index (κ2) is 6.62. The van der Waals surface area contributed by atoms with Crippen molar-refractivity contribution in [3.8, 4) is 0 Å². The van der Waals surface area contributed by atoms with Gasteiger partial charge in [0.25, 0.3) is 6.29 Å². The molecule has 1 aliphatic heterocycles. The minimum Gasteiger partial charge on any atom is -0.505 e. The molecule has 10 heteroatoms. The largest absolute Gasteiger partial charge is 0.505 e. The molecular formula is C12H16O10. The summed E-state index contributed by atoms with van der Waals surface area (Å²) in [5.74, 6) is -8.96. The van der Waals surface area contributed by atoms with Crippen LogP contribution in [0, 0.1) is 0 Å². The van der Waals surface area contributed by atoms with Gasteiger partial charge in [0.15, 0.2) is 5.76 Å². The number of carbonyl (C=O) groups is 3. The predicted molar refractivity (Wildman–Crippen MR) is 65.9 cm³/mol. The third-order valence-corrected chi connectivity index (χ3v) is 2.74. The third-order valence-electron chi connectivity index (χ3n) is 2.74. The molecule has 0 fully saturated rings. The van der Waals surface area contributed by atoms with Crippen LogP contribution in [-0.4, -0.2) is 56.5 Å². The zero-order chi connectivity index (χ0) is 17.1. The molecule has 1 rings (SSSR count). The number of ether oxygens (including phenoxy) is 3. The minimum absolute atomic E-state index is 0.174. The zero-order valence-electron chi connectivity index (χ0n) is 11.8. The molecule has 0 bridgehead atoms. The number of rotatable bonds is 6. The van der Waals surface area contributed by atoms with Crippen molar-refractivity contribution in [1.29, 1.82) is 0 Å². The lowest BCUT2D eigenvalue weighted by Gasteiger charge is -2.34. The standard InChI is InChI=1S/C12H16O10/c1-3-5(13)20-11(18)12(19,22-6(14)4-2)9-7(15)8(16)10(17)21-9/h9,11,15-16,18-19H,3-4H2,1-2H3/t9-,11?,12-/m0/s1. The Bertz CT molecular complexity index is 510. The Hall–Kier alpha value is -2.33. The number of aliphatic hydroxyl groups excluding tert-OH is 3. The van der Waals surface area contributed by atoms with Crippen molar-refractivity contribution in [2.24, 2.45) is 0 Å². The van der Waals surface area contributed by atoms with Crippen molar-refractivity contribution in [2.75, 3.05) is 0 Å². The zero-order valence-corrected chi connectivity index (χ0v) is 11.8. The topological polar surface area (TPSA) is 160 Å². The fourth-order valence-corrected chi connectivity index (χ4v) is 1.51. The van der Waals surface area contributed by atoms with E-state index in [-0.39, 0.29) is 12.8 Å². The summed E-state index contributed by atoms with van der Waals surface area (Å²) in [7, 11) is 0. The van der Waals surface area contributed by atoms with Gasteiger partial charge in [0.1, 0.15) is 0 Å². The van der Waals surface area contributed by atoms with Crippen LogP contribution in [0.25, 0.3) is 0 Å². The van der Waals surface area contributed by atoms with Crippen LogP contribution in [0.3, 0.4) is 0 Å². The van der Waals surface area contributed by atoms with Gasteiger partial charge in [0.05, 0.1) is 0 Å². The van der Waals surface area contributed by atoms with E-state index in [0.29, 0.717) is 0 Å². The third kappa shape index (κ3) is 3.28. The number of hydrogen-bond acceptors (Lipinski definition) is 10. The van der Waals surface area contributed by atoms with Crippen molar-refractivity contribution in [2.45, 2.75) is 44.9 Å². The SMILES string of the molecule is CCC(=O)OC(O)[C@@](O)(OC(=O)CC)[C@H]1OC(=O)C(O)=C1O. The molecule has 0 saturated heterocycles. The summed E-state index contributed by atoms with van der Waals surface area (Å²) in [6.07, 6.45) is -5.04. The second-order valence-electron chi connectivity index (χ2n) is 4.29. The molecule has 10 nitrogen and oxygen atoms in total. The summed E-state index contributed by atoms with van der Waals surface area (Å²) in [4.78, 5) is 33.7. The van der Waals surface area contributed by atoms with E-state index < -0.39 is 47.6 Å².